The fourth-order valence-corrected chi connectivity index (χ4v) is 4.98. The third-order valence-electron chi connectivity index (χ3n) is 6.52. The van der Waals surface area contributed by atoms with Crippen molar-refractivity contribution in [3.8, 4) is 70.3 Å². The molecule has 0 aliphatic rings. The van der Waals surface area contributed by atoms with Crippen LogP contribution >= 0.6 is 0 Å². The molecular weight excluding hydrogens is 579 g/mol. The smallest absolute Gasteiger partial charge is 0.251 e. The summed E-state index contributed by atoms with van der Waals surface area (Å²) in [4.78, 5) is 13.0. The quantitative estimate of drug-likeness (QED) is 0.116. The van der Waals surface area contributed by atoms with E-state index in [-0.39, 0.29) is 5.91 Å². The first kappa shape index (κ1) is 39.5. The van der Waals surface area contributed by atoms with Crippen LogP contribution in [0.1, 0.15) is 118 Å². The molecule has 1 aromatic carbocycles. The van der Waals surface area contributed by atoms with Crippen molar-refractivity contribution in [1.82, 2.24) is 5.32 Å². The Hall–Kier alpha value is -3.52. The standard InChI is InChI=1S/C41H55NOSi2/c1-8-9-10-11-12-13-14-15-16-17-18-19-20-21-22-23-24-27-32-42-41(43)40-36-38(30-25-28-33-44(2,3)4)35-39(37-40)31-26-29-34-45(5,6)7/h35-37H,8-18,23-24,27,32H2,1-7H3,(H,42,43). The predicted octanol–water partition coefficient (Wildman–Crippen LogP) is 9.37. The van der Waals surface area contributed by atoms with Crippen LogP contribution in [0.25, 0.3) is 0 Å². The molecule has 1 N–H and O–H groups in total. The van der Waals surface area contributed by atoms with E-state index >= 15 is 0 Å². The fraction of sp³-hybridized carbons (Fsp3) is 0.537. The van der Waals surface area contributed by atoms with E-state index in [1.54, 1.807) is 12.1 Å². The summed E-state index contributed by atoms with van der Waals surface area (Å²) in [5, 5.41) is 3.03. The summed E-state index contributed by atoms with van der Waals surface area (Å²) in [7, 11) is -2.99. The van der Waals surface area contributed by atoms with Gasteiger partial charge in [-0.3, -0.25) is 4.79 Å². The number of hydrogen-bond donors (Lipinski definition) is 1. The molecule has 1 aromatic rings. The molecule has 0 spiro atoms. The van der Waals surface area contributed by atoms with Gasteiger partial charge in [0.25, 0.3) is 5.91 Å². The molecule has 1 amide bonds. The number of unbranched alkanes of at least 4 members (excludes halogenated alkanes) is 12. The van der Waals surface area contributed by atoms with Gasteiger partial charge < -0.3 is 5.32 Å². The van der Waals surface area contributed by atoms with E-state index in [0.717, 1.165) is 36.8 Å². The average molecular weight is 634 g/mol. The summed E-state index contributed by atoms with van der Waals surface area (Å²) in [6, 6.07) is 5.50. The van der Waals surface area contributed by atoms with Crippen LogP contribution < -0.4 is 5.32 Å². The molecule has 0 heterocycles. The highest BCUT2D eigenvalue weighted by Gasteiger charge is 2.09. The van der Waals surface area contributed by atoms with E-state index in [2.05, 4.69) is 122 Å². The van der Waals surface area contributed by atoms with E-state index in [0.29, 0.717) is 12.1 Å². The molecule has 0 aliphatic carbocycles. The van der Waals surface area contributed by atoms with E-state index in [9.17, 15) is 4.79 Å². The number of hydrogen-bond acceptors (Lipinski definition) is 1. The number of rotatable bonds is 15. The summed E-state index contributed by atoms with van der Waals surface area (Å²) < 4.78 is 0. The number of nitrogens with one attached hydrogen (secondary N) is 1. The molecule has 0 saturated carbocycles. The number of carbonyl (C=O) groups is 1. The summed E-state index contributed by atoms with van der Waals surface area (Å²) >= 11 is 0. The summed E-state index contributed by atoms with van der Waals surface area (Å²) in [6.45, 7) is 16.0. The topological polar surface area (TPSA) is 29.1 Å². The van der Waals surface area contributed by atoms with E-state index in [4.69, 9.17) is 0 Å². The zero-order valence-corrected chi connectivity index (χ0v) is 31.2. The van der Waals surface area contributed by atoms with Crippen LogP contribution in [0.2, 0.25) is 39.3 Å². The molecule has 238 valence electrons. The van der Waals surface area contributed by atoms with Crippen LogP contribution in [-0.2, 0) is 0 Å². The second-order valence-electron chi connectivity index (χ2n) is 13.5. The first-order valence-corrected chi connectivity index (χ1v) is 24.0. The summed E-state index contributed by atoms with van der Waals surface area (Å²) in [6.07, 6.45) is 16.9. The van der Waals surface area contributed by atoms with Crippen molar-refractivity contribution in [2.24, 2.45) is 0 Å². The maximum absolute atomic E-state index is 13.0. The van der Waals surface area contributed by atoms with Gasteiger partial charge in [-0.15, -0.1) is 11.1 Å². The maximum atomic E-state index is 13.0. The van der Waals surface area contributed by atoms with Crippen molar-refractivity contribution >= 4 is 22.1 Å². The third-order valence-corrected chi connectivity index (χ3v) is 8.27. The van der Waals surface area contributed by atoms with Crippen molar-refractivity contribution in [2.75, 3.05) is 6.54 Å². The van der Waals surface area contributed by atoms with Gasteiger partial charge in [-0.25, -0.2) is 0 Å². The van der Waals surface area contributed by atoms with Crippen LogP contribution in [-0.4, -0.2) is 28.6 Å². The normalized spacial score (nSPS) is 10.0. The molecule has 0 bridgehead atoms. The number of carbonyl (C=O) groups excluding carboxylic acids is 1. The van der Waals surface area contributed by atoms with Gasteiger partial charge in [0.15, 0.2) is 0 Å². The second kappa shape index (κ2) is 23.8. The van der Waals surface area contributed by atoms with Crippen LogP contribution in [0.5, 0.6) is 0 Å². The molecule has 4 heteroatoms. The molecule has 2 nitrogen and oxygen atoms in total. The minimum atomic E-state index is -1.50. The van der Waals surface area contributed by atoms with Crippen molar-refractivity contribution in [3.63, 3.8) is 0 Å². The Bertz CT molecular complexity index is 1370. The Morgan fingerprint density at radius 2 is 1.02 bits per heavy atom. The van der Waals surface area contributed by atoms with Crippen LogP contribution in [0.15, 0.2) is 18.2 Å². The van der Waals surface area contributed by atoms with Crippen molar-refractivity contribution in [1.29, 1.82) is 0 Å². The van der Waals surface area contributed by atoms with Gasteiger partial charge >= 0.3 is 0 Å². The van der Waals surface area contributed by atoms with Gasteiger partial charge in [0.1, 0.15) is 16.1 Å². The lowest BCUT2D eigenvalue weighted by Crippen LogP contribution is -2.24. The summed E-state index contributed by atoms with van der Waals surface area (Å²) in [5.41, 5.74) is 8.49. The largest absolute Gasteiger partial charge is 0.352 e. The van der Waals surface area contributed by atoms with Gasteiger partial charge in [-0.05, 0) is 73.0 Å². The first-order valence-electron chi connectivity index (χ1n) is 17.0. The van der Waals surface area contributed by atoms with Crippen LogP contribution in [0.4, 0.5) is 0 Å². The predicted molar refractivity (Wildman–Crippen MR) is 201 cm³/mol. The zero-order valence-electron chi connectivity index (χ0n) is 29.2. The van der Waals surface area contributed by atoms with E-state index < -0.39 is 16.1 Å². The highest BCUT2D eigenvalue weighted by molar-refractivity contribution is 6.84. The van der Waals surface area contributed by atoms with Crippen molar-refractivity contribution in [2.45, 2.75) is 136 Å². The Morgan fingerprint density at radius 3 is 1.49 bits per heavy atom. The van der Waals surface area contributed by atoms with E-state index in [1.165, 1.54) is 64.2 Å². The zero-order chi connectivity index (χ0) is 33.2. The number of amides is 1. The minimum absolute atomic E-state index is 0.132. The van der Waals surface area contributed by atoms with Gasteiger partial charge in [0, 0.05) is 36.1 Å². The SMILES string of the molecule is CCCCCCCCCCCCC#CC#CCCCCNC(=O)c1cc(C#CC#C[Si](C)(C)C)cc(C#CC#C[Si](C)(C)C)c1. The Labute approximate surface area is 279 Å². The third kappa shape index (κ3) is 24.5. The Morgan fingerprint density at radius 1 is 0.578 bits per heavy atom. The fourth-order valence-electron chi connectivity index (χ4n) is 4.10. The minimum Gasteiger partial charge on any atom is -0.352 e. The molecule has 0 fully saturated rings. The van der Waals surface area contributed by atoms with Gasteiger partial charge in [0.2, 0.25) is 0 Å². The Kier molecular flexibility index (Phi) is 20.9. The molecular formula is C41H55NOSi2. The van der Waals surface area contributed by atoms with Gasteiger partial charge in [0.05, 0.1) is 0 Å². The lowest BCUT2D eigenvalue weighted by Gasteiger charge is -2.06. The molecule has 0 radical (unpaired) electrons. The van der Waals surface area contributed by atoms with Crippen LogP contribution in [0.3, 0.4) is 0 Å². The highest BCUT2D eigenvalue weighted by Crippen LogP contribution is 2.12. The van der Waals surface area contributed by atoms with Crippen molar-refractivity contribution < 1.29 is 4.79 Å². The Balaban J connectivity index is 2.51. The van der Waals surface area contributed by atoms with Crippen molar-refractivity contribution in [3.05, 3.63) is 34.9 Å². The molecule has 45 heavy (non-hydrogen) atoms. The maximum Gasteiger partial charge on any atom is 0.251 e. The van der Waals surface area contributed by atoms with Crippen LogP contribution in [0, 0.1) is 70.3 Å². The monoisotopic (exact) mass is 633 g/mol. The average Bonchev–Trinajstić information content (AvgIpc) is 2.97. The molecule has 0 atom stereocenters. The van der Waals surface area contributed by atoms with E-state index in [1.807, 2.05) is 6.07 Å². The molecule has 1 rings (SSSR count). The molecule has 0 aliphatic heterocycles. The molecule has 0 saturated heterocycles. The summed E-state index contributed by atoms with van der Waals surface area (Å²) in [5.74, 6) is 30.2. The molecule has 0 unspecified atom stereocenters. The lowest BCUT2D eigenvalue weighted by atomic mass is 10.1. The highest BCUT2D eigenvalue weighted by atomic mass is 28.3. The first-order chi connectivity index (χ1) is 21.5. The molecule has 0 aromatic heterocycles. The number of benzene rings is 1. The van der Waals surface area contributed by atoms with Gasteiger partial charge in [-0.1, -0.05) is 128 Å². The lowest BCUT2D eigenvalue weighted by molar-refractivity contribution is 0.0953. The second-order valence-corrected chi connectivity index (χ2v) is 23.0. The van der Waals surface area contributed by atoms with Gasteiger partial charge in [-0.2, -0.15) is 0 Å².